The van der Waals surface area contributed by atoms with Crippen LogP contribution in [0.4, 0.5) is 0 Å². The number of benzene rings is 2. The Labute approximate surface area is 205 Å². The standard InChI is InChI=1S/C23H25BrN4O4S/c1-5-11-32-22-19(24)12-17(13-20(22)31-6-2)21(14-27(29)30)33-23-26-25-16(4)28(23)18-9-7-15(3)8-10-18/h5,7-10,12-13,21H,1,6,11,14H2,2-4H3/t21-/m1/s1. The normalized spacial score (nSPS) is 11.8. The molecule has 0 N–H and O–H groups in total. The van der Waals surface area contributed by atoms with Gasteiger partial charge in [-0.1, -0.05) is 42.1 Å². The molecule has 0 bridgehead atoms. The van der Waals surface area contributed by atoms with Gasteiger partial charge in [0.05, 0.1) is 11.1 Å². The Kier molecular flexibility index (Phi) is 8.51. The van der Waals surface area contributed by atoms with Crippen LogP contribution in [-0.2, 0) is 0 Å². The molecule has 3 aromatic rings. The van der Waals surface area contributed by atoms with E-state index in [1.807, 2.05) is 55.7 Å². The molecule has 1 atom stereocenters. The van der Waals surface area contributed by atoms with Gasteiger partial charge in [0.2, 0.25) is 6.54 Å². The molecule has 0 spiro atoms. The Hall–Kier alpha value is -2.85. The van der Waals surface area contributed by atoms with Crippen molar-refractivity contribution in [1.82, 2.24) is 14.8 Å². The van der Waals surface area contributed by atoms with Crippen LogP contribution in [0.5, 0.6) is 11.5 Å². The van der Waals surface area contributed by atoms with Gasteiger partial charge in [0.15, 0.2) is 16.7 Å². The van der Waals surface area contributed by atoms with Crippen molar-refractivity contribution in [2.24, 2.45) is 0 Å². The Morgan fingerprint density at radius 3 is 2.61 bits per heavy atom. The van der Waals surface area contributed by atoms with Gasteiger partial charge in [-0.15, -0.1) is 10.2 Å². The largest absolute Gasteiger partial charge is 0.490 e. The molecule has 0 unspecified atom stereocenters. The van der Waals surface area contributed by atoms with E-state index in [9.17, 15) is 10.1 Å². The van der Waals surface area contributed by atoms with Crippen molar-refractivity contribution in [3.63, 3.8) is 0 Å². The van der Waals surface area contributed by atoms with Crippen molar-refractivity contribution in [3.05, 3.63) is 80.6 Å². The number of aryl methyl sites for hydroxylation is 2. The van der Waals surface area contributed by atoms with E-state index in [0.29, 0.717) is 45.7 Å². The number of nitrogens with zero attached hydrogens (tertiary/aromatic N) is 4. The number of ether oxygens (including phenoxy) is 2. The second-order valence-corrected chi connectivity index (χ2v) is 9.21. The number of hydrogen-bond acceptors (Lipinski definition) is 7. The number of nitro groups is 1. The van der Waals surface area contributed by atoms with Crippen LogP contribution in [0.2, 0.25) is 0 Å². The van der Waals surface area contributed by atoms with Gasteiger partial charge in [-0.25, -0.2) is 0 Å². The SMILES string of the molecule is C=CCOc1c(Br)cc([C@@H](C[N+](=O)[O-])Sc2nnc(C)n2-c2ccc(C)cc2)cc1OCC. The molecule has 33 heavy (non-hydrogen) atoms. The van der Waals surface area contributed by atoms with E-state index in [0.717, 1.165) is 11.3 Å². The predicted octanol–water partition coefficient (Wildman–Crippen LogP) is 5.72. The van der Waals surface area contributed by atoms with Crippen molar-refractivity contribution in [1.29, 1.82) is 0 Å². The summed E-state index contributed by atoms with van der Waals surface area (Å²) in [6.45, 7) is 9.85. The van der Waals surface area contributed by atoms with E-state index < -0.39 is 5.25 Å². The average molecular weight is 533 g/mol. The van der Waals surface area contributed by atoms with Crippen molar-refractivity contribution in [3.8, 4) is 17.2 Å². The maximum absolute atomic E-state index is 11.5. The second-order valence-electron chi connectivity index (χ2n) is 7.19. The first-order chi connectivity index (χ1) is 15.8. The second kappa shape index (κ2) is 11.3. The van der Waals surface area contributed by atoms with Gasteiger partial charge in [-0.3, -0.25) is 14.7 Å². The number of hydrogen-bond donors (Lipinski definition) is 0. The zero-order valence-electron chi connectivity index (χ0n) is 18.7. The predicted molar refractivity (Wildman–Crippen MR) is 132 cm³/mol. The fraction of sp³-hybridized carbons (Fsp3) is 0.304. The minimum Gasteiger partial charge on any atom is -0.490 e. The minimum atomic E-state index is -0.531. The topological polar surface area (TPSA) is 92.3 Å². The first kappa shape index (κ1) is 24.8. The van der Waals surface area contributed by atoms with E-state index in [2.05, 4.69) is 32.7 Å². The molecule has 0 fully saturated rings. The van der Waals surface area contributed by atoms with Gasteiger partial charge >= 0.3 is 0 Å². The zero-order chi connectivity index (χ0) is 24.0. The molecular weight excluding hydrogens is 508 g/mol. The monoisotopic (exact) mass is 532 g/mol. The number of rotatable bonds is 11. The molecule has 0 radical (unpaired) electrons. The van der Waals surface area contributed by atoms with Gasteiger partial charge in [-0.05, 0) is 66.5 Å². The van der Waals surface area contributed by atoms with Crippen LogP contribution < -0.4 is 9.47 Å². The smallest absolute Gasteiger partial charge is 0.220 e. The molecule has 1 heterocycles. The van der Waals surface area contributed by atoms with Gasteiger partial charge in [0.1, 0.15) is 17.7 Å². The lowest BCUT2D eigenvalue weighted by Gasteiger charge is -2.18. The molecule has 174 valence electrons. The third-order valence-electron chi connectivity index (χ3n) is 4.70. The molecule has 0 amide bonds. The maximum Gasteiger partial charge on any atom is 0.220 e. The molecule has 3 rings (SSSR count). The molecule has 0 aliphatic carbocycles. The first-order valence-electron chi connectivity index (χ1n) is 10.3. The van der Waals surface area contributed by atoms with Gasteiger partial charge in [0.25, 0.3) is 0 Å². The fourth-order valence-corrected chi connectivity index (χ4v) is 4.93. The highest BCUT2D eigenvalue weighted by Gasteiger charge is 2.26. The van der Waals surface area contributed by atoms with Crippen LogP contribution >= 0.6 is 27.7 Å². The Bertz CT molecular complexity index is 1130. The van der Waals surface area contributed by atoms with Crippen LogP contribution in [-0.4, -0.2) is 39.4 Å². The average Bonchev–Trinajstić information content (AvgIpc) is 3.13. The van der Waals surface area contributed by atoms with E-state index in [-0.39, 0.29) is 11.5 Å². The molecular formula is C23H25BrN4O4S. The highest BCUT2D eigenvalue weighted by Crippen LogP contribution is 2.43. The molecule has 0 saturated carbocycles. The van der Waals surface area contributed by atoms with Crippen molar-refractivity contribution >= 4 is 27.7 Å². The summed E-state index contributed by atoms with van der Waals surface area (Å²) >= 11 is 4.82. The van der Waals surface area contributed by atoms with Crippen LogP contribution in [0, 0.1) is 24.0 Å². The summed E-state index contributed by atoms with van der Waals surface area (Å²) < 4.78 is 14.1. The summed E-state index contributed by atoms with van der Waals surface area (Å²) in [4.78, 5) is 11.2. The van der Waals surface area contributed by atoms with Gasteiger partial charge in [-0.2, -0.15) is 0 Å². The highest BCUT2D eigenvalue weighted by molar-refractivity contribution is 9.10. The quantitative estimate of drug-likeness (QED) is 0.135. The molecule has 0 aliphatic rings. The number of halogens is 1. The van der Waals surface area contributed by atoms with Gasteiger partial charge < -0.3 is 9.47 Å². The Morgan fingerprint density at radius 2 is 1.97 bits per heavy atom. The summed E-state index contributed by atoms with van der Waals surface area (Å²) in [5.41, 5.74) is 2.75. The van der Waals surface area contributed by atoms with E-state index >= 15 is 0 Å². The van der Waals surface area contributed by atoms with Crippen LogP contribution in [0.3, 0.4) is 0 Å². The molecule has 10 heteroatoms. The van der Waals surface area contributed by atoms with Crippen LogP contribution in [0.1, 0.15) is 29.1 Å². The lowest BCUT2D eigenvalue weighted by Crippen LogP contribution is -2.12. The Balaban J connectivity index is 2.02. The maximum atomic E-state index is 11.5. The molecule has 2 aromatic carbocycles. The molecule has 8 nitrogen and oxygen atoms in total. The van der Waals surface area contributed by atoms with Crippen LogP contribution in [0.25, 0.3) is 5.69 Å². The third kappa shape index (κ3) is 6.14. The lowest BCUT2D eigenvalue weighted by atomic mass is 10.1. The lowest BCUT2D eigenvalue weighted by molar-refractivity contribution is -0.479. The van der Waals surface area contributed by atoms with Crippen LogP contribution in [0.15, 0.2) is 58.7 Å². The summed E-state index contributed by atoms with van der Waals surface area (Å²) in [5.74, 6) is 1.74. The zero-order valence-corrected chi connectivity index (χ0v) is 21.1. The van der Waals surface area contributed by atoms with E-state index in [4.69, 9.17) is 9.47 Å². The number of aromatic nitrogens is 3. The van der Waals surface area contributed by atoms with Crippen molar-refractivity contribution < 1.29 is 14.4 Å². The summed E-state index contributed by atoms with van der Waals surface area (Å²) in [6, 6.07) is 11.6. The van der Waals surface area contributed by atoms with E-state index in [1.165, 1.54) is 11.8 Å². The van der Waals surface area contributed by atoms with Crippen molar-refractivity contribution in [2.45, 2.75) is 31.2 Å². The minimum absolute atomic E-state index is 0.296. The first-order valence-corrected chi connectivity index (χ1v) is 12.0. The summed E-state index contributed by atoms with van der Waals surface area (Å²) in [7, 11) is 0. The molecule has 0 aliphatic heterocycles. The highest BCUT2D eigenvalue weighted by atomic mass is 79.9. The van der Waals surface area contributed by atoms with Crippen molar-refractivity contribution in [2.75, 3.05) is 19.8 Å². The molecule has 1 aromatic heterocycles. The molecule has 0 saturated heterocycles. The number of thioether (sulfide) groups is 1. The van der Waals surface area contributed by atoms with Gasteiger partial charge in [0, 0.05) is 10.6 Å². The third-order valence-corrected chi connectivity index (χ3v) is 6.47. The van der Waals surface area contributed by atoms with E-state index in [1.54, 1.807) is 12.1 Å². The Morgan fingerprint density at radius 1 is 1.24 bits per heavy atom. The summed E-state index contributed by atoms with van der Waals surface area (Å²) in [5, 5.41) is 20.1. The summed E-state index contributed by atoms with van der Waals surface area (Å²) in [6.07, 6.45) is 1.64. The fourth-order valence-electron chi connectivity index (χ4n) is 3.20.